The summed E-state index contributed by atoms with van der Waals surface area (Å²) in [6.07, 6.45) is 3.56. The number of carbonyl (C=O) groups excluding carboxylic acids is 1. The number of rotatable bonds is 8. The molecular formula is C17H25Cl2N3O2. The summed E-state index contributed by atoms with van der Waals surface area (Å²) in [5, 5.41) is 5.93. The number of hydrogen-bond donors (Lipinski definition) is 2. The van der Waals surface area contributed by atoms with Gasteiger partial charge in [0.2, 0.25) is 5.91 Å². The number of benzene rings is 1. The molecule has 1 heterocycles. The highest BCUT2D eigenvalue weighted by molar-refractivity contribution is 5.85. The molecule has 5 nitrogen and oxygen atoms in total. The van der Waals surface area contributed by atoms with Crippen LogP contribution in [0.3, 0.4) is 0 Å². The topological polar surface area (TPSA) is 67.2 Å². The summed E-state index contributed by atoms with van der Waals surface area (Å²) in [5.41, 5.74) is 2.21. The van der Waals surface area contributed by atoms with E-state index in [1.807, 2.05) is 38.2 Å². The maximum atomic E-state index is 11.7. The van der Waals surface area contributed by atoms with Crippen LogP contribution in [0.1, 0.15) is 24.3 Å². The van der Waals surface area contributed by atoms with E-state index < -0.39 is 0 Å². The van der Waals surface area contributed by atoms with E-state index in [1.165, 1.54) is 5.56 Å². The number of nitrogens with one attached hydrogen (secondary N) is 2. The summed E-state index contributed by atoms with van der Waals surface area (Å²) < 4.78 is 5.70. The maximum absolute atomic E-state index is 11.7. The van der Waals surface area contributed by atoms with Crippen molar-refractivity contribution in [2.75, 3.05) is 20.1 Å². The lowest BCUT2D eigenvalue weighted by Gasteiger charge is -2.03. The molecule has 1 aromatic heterocycles. The van der Waals surface area contributed by atoms with E-state index in [9.17, 15) is 4.79 Å². The summed E-state index contributed by atoms with van der Waals surface area (Å²) in [7, 11) is 1.90. The number of amides is 1. The largest absolute Gasteiger partial charge is 0.441 e. The molecule has 7 heteroatoms. The number of carbonyl (C=O) groups is 1. The van der Waals surface area contributed by atoms with Gasteiger partial charge in [0.15, 0.2) is 11.7 Å². The van der Waals surface area contributed by atoms with Crippen molar-refractivity contribution in [3.05, 3.63) is 41.9 Å². The van der Waals surface area contributed by atoms with Crippen molar-refractivity contribution in [2.24, 2.45) is 0 Å². The zero-order chi connectivity index (χ0) is 15.8. The number of oxazole rings is 1. The van der Waals surface area contributed by atoms with E-state index in [-0.39, 0.29) is 30.7 Å². The minimum atomic E-state index is 0. The minimum Gasteiger partial charge on any atom is -0.441 e. The molecule has 2 N–H and O–H groups in total. The Hall–Kier alpha value is -1.56. The fourth-order valence-corrected chi connectivity index (χ4v) is 2.08. The van der Waals surface area contributed by atoms with E-state index in [0.29, 0.717) is 25.3 Å². The first-order valence-corrected chi connectivity index (χ1v) is 7.62. The van der Waals surface area contributed by atoms with Crippen molar-refractivity contribution in [3.63, 3.8) is 0 Å². The molecular weight excluding hydrogens is 349 g/mol. The Morgan fingerprint density at radius 3 is 2.54 bits per heavy atom. The molecule has 0 radical (unpaired) electrons. The molecule has 0 saturated carbocycles. The van der Waals surface area contributed by atoms with Gasteiger partial charge in [-0.1, -0.05) is 29.8 Å². The molecule has 0 aliphatic rings. The zero-order valence-electron chi connectivity index (χ0n) is 14.0. The Balaban J connectivity index is 0.00000264. The third-order valence-electron chi connectivity index (χ3n) is 3.38. The second-order valence-corrected chi connectivity index (χ2v) is 5.29. The van der Waals surface area contributed by atoms with Crippen molar-refractivity contribution in [1.29, 1.82) is 0 Å². The number of hydrogen-bond acceptors (Lipinski definition) is 4. The average molecular weight is 374 g/mol. The highest BCUT2D eigenvalue weighted by Gasteiger charge is 2.08. The van der Waals surface area contributed by atoms with Gasteiger partial charge in [0.05, 0.1) is 6.20 Å². The van der Waals surface area contributed by atoms with Crippen molar-refractivity contribution in [1.82, 2.24) is 15.6 Å². The van der Waals surface area contributed by atoms with Gasteiger partial charge in [-0.3, -0.25) is 4.79 Å². The SMILES string of the molecule is CNCCCNC(=O)CCc1ncc(-c2ccc(C)cc2)o1.Cl.Cl. The molecule has 0 bridgehead atoms. The molecule has 134 valence electrons. The Morgan fingerprint density at radius 1 is 1.17 bits per heavy atom. The van der Waals surface area contributed by atoms with Crippen LogP contribution in [-0.2, 0) is 11.2 Å². The van der Waals surface area contributed by atoms with Crippen LogP contribution in [0.25, 0.3) is 11.3 Å². The fraction of sp³-hybridized carbons (Fsp3) is 0.412. The summed E-state index contributed by atoms with van der Waals surface area (Å²) in [4.78, 5) is 15.9. The van der Waals surface area contributed by atoms with Gasteiger partial charge in [-0.25, -0.2) is 4.98 Å². The van der Waals surface area contributed by atoms with Crippen LogP contribution in [-0.4, -0.2) is 31.0 Å². The van der Waals surface area contributed by atoms with Gasteiger partial charge in [0, 0.05) is 24.9 Å². The van der Waals surface area contributed by atoms with Crippen LogP contribution in [0, 0.1) is 6.92 Å². The quantitative estimate of drug-likeness (QED) is 0.697. The van der Waals surface area contributed by atoms with E-state index in [2.05, 4.69) is 15.6 Å². The van der Waals surface area contributed by atoms with Gasteiger partial charge in [-0.15, -0.1) is 24.8 Å². The third-order valence-corrected chi connectivity index (χ3v) is 3.38. The molecule has 0 aliphatic carbocycles. The smallest absolute Gasteiger partial charge is 0.220 e. The van der Waals surface area contributed by atoms with E-state index in [1.54, 1.807) is 6.20 Å². The Labute approximate surface area is 155 Å². The molecule has 0 fully saturated rings. The first-order valence-electron chi connectivity index (χ1n) is 7.62. The van der Waals surface area contributed by atoms with Crippen molar-refractivity contribution in [2.45, 2.75) is 26.2 Å². The lowest BCUT2D eigenvalue weighted by molar-refractivity contribution is -0.121. The molecule has 1 aromatic carbocycles. The third kappa shape index (κ3) is 7.34. The number of aryl methyl sites for hydroxylation is 2. The number of aromatic nitrogens is 1. The lowest BCUT2D eigenvalue weighted by atomic mass is 10.1. The van der Waals surface area contributed by atoms with Gasteiger partial charge in [-0.05, 0) is 26.9 Å². The van der Waals surface area contributed by atoms with Gasteiger partial charge >= 0.3 is 0 Å². The van der Waals surface area contributed by atoms with Crippen molar-refractivity contribution >= 4 is 30.7 Å². The van der Waals surface area contributed by atoms with Gasteiger partial charge in [-0.2, -0.15) is 0 Å². The Bertz CT molecular complexity index is 600. The molecule has 0 saturated heterocycles. The zero-order valence-corrected chi connectivity index (χ0v) is 15.6. The summed E-state index contributed by atoms with van der Waals surface area (Å²) in [6.45, 7) is 3.64. The summed E-state index contributed by atoms with van der Waals surface area (Å²) in [6, 6.07) is 8.09. The standard InChI is InChI=1S/C17H23N3O2.2ClH/c1-13-4-6-14(7-5-13)15-12-20-17(22-15)9-8-16(21)19-11-3-10-18-2;;/h4-7,12,18H,3,8-11H2,1-2H3,(H,19,21);2*1H. The molecule has 0 aliphatic heterocycles. The van der Waals surface area contributed by atoms with Gasteiger partial charge in [0.25, 0.3) is 0 Å². The molecule has 1 amide bonds. The maximum Gasteiger partial charge on any atom is 0.220 e. The average Bonchev–Trinajstić information content (AvgIpc) is 2.99. The van der Waals surface area contributed by atoms with E-state index >= 15 is 0 Å². The van der Waals surface area contributed by atoms with Crippen LogP contribution in [0.4, 0.5) is 0 Å². The second-order valence-electron chi connectivity index (χ2n) is 5.29. The van der Waals surface area contributed by atoms with E-state index in [0.717, 1.165) is 24.3 Å². The summed E-state index contributed by atoms with van der Waals surface area (Å²) in [5.74, 6) is 1.37. The first kappa shape index (κ1) is 22.4. The molecule has 2 rings (SSSR count). The first-order chi connectivity index (χ1) is 10.7. The van der Waals surface area contributed by atoms with Crippen LogP contribution in [0.5, 0.6) is 0 Å². The van der Waals surface area contributed by atoms with Crippen LogP contribution < -0.4 is 10.6 Å². The Morgan fingerprint density at radius 2 is 1.88 bits per heavy atom. The highest BCUT2D eigenvalue weighted by atomic mass is 35.5. The van der Waals surface area contributed by atoms with Gasteiger partial charge < -0.3 is 15.1 Å². The normalized spacial score (nSPS) is 9.75. The predicted molar refractivity (Wildman–Crippen MR) is 101 cm³/mol. The Kier molecular flexibility index (Phi) is 11.1. The number of halogens is 2. The highest BCUT2D eigenvalue weighted by Crippen LogP contribution is 2.21. The second kappa shape index (κ2) is 11.9. The lowest BCUT2D eigenvalue weighted by Crippen LogP contribution is -2.26. The molecule has 24 heavy (non-hydrogen) atoms. The van der Waals surface area contributed by atoms with Crippen LogP contribution in [0.2, 0.25) is 0 Å². The van der Waals surface area contributed by atoms with Crippen LogP contribution in [0.15, 0.2) is 34.9 Å². The number of nitrogens with zero attached hydrogens (tertiary/aromatic N) is 1. The van der Waals surface area contributed by atoms with E-state index in [4.69, 9.17) is 4.42 Å². The monoisotopic (exact) mass is 373 g/mol. The van der Waals surface area contributed by atoms with Gasteiger partial charge in [0.1, 0.15) is 0 Å². The van der Waals surface area contributed by atoms with Crippen molar-refractivity contribution < 1.29 is 9.21 Å². The summed E-state index contributed by atoms with van der Waals surface area (Å²) >= 11 is 0. The van der Waals surface area contributed by atoms with Crippen molar-refractivity contribution in [3.8, 4) is 11.3 Å². The minimum absolute atomic E-state index is 0. The molecule has 0 atom stereocenters. The molecule has 2 aromatic rings. The molecule has 0 unspecified atom stereocenters. The predicted octanol–water partition coefficient (Wildman–Crippen LogP) is 3.15. The molecule has 0 spiro atoms. The fourth-order valence-electron chi connectivity index (χ4n) is 2.08. The van der Waals surface area contributed by atoms with Crippen LogP contribution >= 0.6 is 24.8 Å².